The molecule has 0 amide bonds. The SMILES string of the molecule is CC[C@H](C)N(C)C(C)(C)C(=O)Cc1cc(C(C)(C)COC2CCCCO2)no1. The molecule has 0 bridgehead atoms. The molecule has 1 aromatic rings. The Labute approximate surface area is 169 Å². The zero-order valence-electron chi connectivity index (χ0n) is 18.7. The lowest BCUT2D eigenvalue weighted by Gasteiger charge is -2.38. The third kappa shape index (κ3) is 5.65. The van der Waals surface area contributed by atoms with E-state index >= 15 is 0 Å². The molecule has 1 aromatic heterocycles. The van der Waals surface area contributed by atoms with E-state index in [1.807, 2.05) is 27.0 Å². The van der Waals surface area contributed by atoms with E-state index in [0.717, 1.165) is 38.0 Å². The van der Waals surface area contributed by atoms with E-state index in [4.69, 9.17) is 14.0 Å². The topological polar surface area (TPSA) is 64.8 Å². The van der Waals surface area contributed by atoms with Gasteiger partial charge in [-0.1, -0.05) is 25.9 Å². The molecule has 0 N–H and O–H groups in total. The quantitative estimate of drug-likeness (QED) is 0.595. The number of Topliss-reactive ketones (excluding diaryl/α,β-unsaturated/α-hetero) is 1. The van der Waals surface area contributed by atoms with Crippen LogP contribution in [0.5, 0.6) is 0 Å². The maximum atomic E-state index is 12.9. The van der Waals surface area contributed by atoms with Gasteiger partial charge in [-0.15, -0.1) is 0 Å². The van der Waals surface area contributed by atoms with Crippen molar-refractivity contribution in [2.24, 2.45) is 0 Å². The summed E-state index contributed by atoms with van der Waals surface area (Å²) < 4.78 is 17.1. The summed E-state index contributed by atoms with van der Waals surface area (Å²) in [5, 5.41) is 4.22. The van der Waals surface area contributed by atoms with Crippen LogP contribution in [0.3, 0.4) is 0 Å². The van der Waals surface area contributed by atoms with Crippen molar-refractivity contribution in [1.29, 1.82) is 0 Å². The minimum Gasteiger partial charge on any atom is -0.361 e. The average Bonchev–Trinajstić information content (AvgIpc) is 3.15. The van der Waals surface area contributed by atoms with E-state index in [2.05, 4.69) is 37.8 Å². The fourth-order valence-electron chi connectivity index (χ4n) is 3.33. The van der Waals surface area contributed by atoms with Gasteiger partial charge in [0.05, 0.1) is 24.3 Å². The molecule has 160 valence electrons. The lowest BCUT2D eigenvalue weighted by molar-refractivity contribution is -0.170. The summed E-state index contributed by atoms with van der Waals surface area (Å²) in [6.07, 6.45) is 4.29. The fraction of sp³-hybridized carbons (Fsp3) is 0.818. The van der Waals surface area contributed by atoms with Gasteiger partial charge >= 0.3 is 0 Å². The van der Waals surface area contributed by atoms with Crippen LogP contribution >= 0.6 is 0 Å². The van der Waals surface area contributed by atoms with Crippen LogP contribution < -0.4 is 0 Å². The van der Waals surface area contributed by atoms with Gasteiger partial charge in [0.1, 0.15) is 5.76 Å². The van der Waals surface area contributed by atoms with Crippen molar-refractivity contribution >= 4 is 5.78 Å². The van der Waals surface area contributed by atoms with Crippen molar-refractivity contribution in [1.82, 2.24) is 10.1 Å². The molecule has 0 aliphatic carbocycles. The predicted octanol–water partition coefficient (Wildman–Crippen LogP) is 4.12. The normalized spacial score (nSPS) is 19.8. The van der Waals surface area contributed by atoms with Crippen molar-refractivity contribution < 1.29 is 18.8 Å². The fourth-order valence-corrected chi connectivity index (χ4v) is 3.33. The lowest BCUT2D eigenvalue weighted by atomic mass is 9.89. The van der Waals surface area contributed by atoms with Crippen LogP contribution in [0.1, 0.15) is 78.7 Å². The van der Waals surface area contributed by atoms with Crippen molar-refractivity contribution in [3.05, 3.63) is 17.5 Å². The summed E-state index contributed by atoms with van der Waals surface area (Å²) in [4.78, 5) is 15.1. The van der Waals surface area contributed by atoms with Crippen molar-refractivity contribution in [3.63, 3.8) is 0 Å². The Morgan fingerprint density at radius 2 is 2.07 bits per heavy atom. The Balaban J connectivity index is 1.97. The van der Waals surface area contributed by atoms with Crippen LogP contribution in [0.15, 0.2) is 10.6 Å². The molecule has 1 aliphatic heterocycles. The standard InChI is InChI=1S/C22H38N2O4/c1-8-16(2)24(7)22(5,6)19(25)14-17-13-18(23-28-17)21(3,4)15-27-20-11-9-10-12-26-20/h13,16,20H,8-12,14-15H2,1-7H3/t16-,20?/m0/s1. The number of likely N-dealkylation sites (N-methyl/N-ethyl adjacent to an activating group) is 1. The highest BCUT2D eigenvalue weighted by Crippen LogP contribution is 2.27. The van der Waals surface area contributed by atoms with E-state index in [1.165, 1.54) is 0 Å². The maximum Gasteiger partial charge on any atom is 0.160 e. The summed E-state index contributed by atoms with van der Waals surface area (Å²) in [6, 6.07) is 2.23. The van der Waals surface area contributed by atoms with Gasteiger partial charge in [0, 0.05) is 24.1 Å². The van der Waals surface area contributed by atoms with Gasteiger partial charge in [0.15, 0.2) is 12.1 Å². The van der Waals surface area contributed by atoms with Crippen LogP contribution in [-0.2, 0) is 26.1 Å². The number of hydrogen-bond acceptors (Lipinski definition) is 6. The monoisotopic (exact) mass is 394 g/mol. The Morgan fingerprint density at radius 1 is 1.36 bits per heavy atom. The summed E-state index contributed by atoms with van der Waals surface area (Å²) >= 11 is 0. The average molecular weight is 395 g/mol. The Kier molecular flexibility index (Phi) is 7.82. The van der Waals surface area contributed by atoms with Crippen LogP contribution in [0.4, 0.5) is 0 Å². The second kappa shape index (κ2) is 9.51. The molecule has 1 aliphatic rings. The molecule has 1 saturated heterocycles. The number of ether oxygens (including phenoxy) is 2. The zero-order valence-corrected chi connectivity index (χ0v) is 18.7. The van der Waals surface area contributed by atoms with Crippen LogP contribution in [0, 0.1) is 0 Å². The zero-order chi connectivity index (χ0) is 20.9. The third-order valence-electron chi connectivity index (χ3n) is 6.17. The number of aromatic nitrogens is 1. The second-order valence-corrected chi connectivity index (χ2v) is 9.20. The van der Waals surface area contributed by atoms with Gasteiger partial charge in [-0.3, -0.25) is 9.69 Å². The summed E-state index contributed by atoms with van der Waals surface area (Å²) in [5.74, 6) is 0.732. The van der Waals surface area contributed by atoms with Crippen LogP contribution in [0.25, 0.3) is 0 Å². The van der Waals surface area contributed by atoms with Gasteiger partial charge in [-0.25, -0.2) is 0 Å². The van der Waals surface area contributed by atoms with Crippen molar-refractivity contribution in [3.8, 4) is 0 Å². The second-order valence-electron chi connectivity index (χ2n) is 9.20. The molecule has 1 unspecified atom stereocenters. The number of ketones is 1. The highest BCUT2D eigenvalue weighted by atomic mass is 16.7. The highest BCUT2D eigenvalue weighted by molar-refractivity contribution is 5.89. The Morgan fingerprint density at radius 3 is 2.68 bits per heavy atom. The van der Waals surface area contributed by atoms with E-state index in [1.54, 1.807) is 0 Å². The highest BCUT2D eigenvalue weighted by Gasteiger charge is 2.35. The minimum atomic E-state index is -0.556. The number of nitrogens with zero attached hydrogens (tertiary/aromatic N) is 2. The summed E-state index contributed by atoms with van der Waals surface area (Å²) in [6.45, 7) is 13.6. The molecule has 0 radical (unpaired) electrons. The third-order valence-corrected chi connectivity index (χ3v) is 6.17. The van der Waals surface area contributed by atoms with E-state index in [0.29, 0.717) is 18.4 Å². The molecule has 1 fully saturated rings. The van der Waals surface area contributed by atoms with Gasteiger partial charge in [0.2, 0.25) is 0 Å². The molecule has 2 rings (SSSR count). The molecule has 2 heterocycles. The van der Waals surface area contributed by atoms with E-state index in [-0.39, 0.29) is 23.9 Å². The maximum absolute atomic E-state index is 12.9. The van der Waals surface area contributed by atoms with Crippen LogP contribution in [0.2, 0.25) is 0 Å². The van der Waals surface area contributed by atoms with Crippen molar-refractivity contribution in [2.45, 2.75) is 96.9 Å². The molecule has 0 aromatic carbocycles. The summed E-state index contributed by atoms with van der Waals surface area (Å²) in [5.41, 5.74) is -0.0623. The molecule has 0 spiro atoms. The molecule has 6 heteroatoms. The molecule has 28 heavy (non-hydrogen) atoms. The largest absolute Gasteiger partial charge is 0.361 e. The molecular formula is C22H38N2O4. The van der Waals surface area contributed by atoms with E-state index in [9.17, 15) is 4.79 Å². The van der Waals surface area contributed by atoms with E-state index < -0.39 is 5.54 Å². The Bertz CT molecular complexity index is 632. The van der Waals surface area contributed by atoms with Gasteiger partial charge in [-0.2, -0.15) is 0 Å². The first-order chi connectivity index (χ1) is 13.1. The summed E-state index contributed by atoms with van der Waals surface area (Å²) in [7, 11) is 2.01. The predicted molar refractivity (Wildman–Crippen MR) is 109 cm³/mol. The number of rotatable bonds is 10. The number of carbonyl (C=O) groups is 1. The minimum absolute atomic E-state index is 0.127. The van der Waals surface area contributed by atoms with Gasteiger partial charge in [-0.05, 0) is 53.5 Å². The first kappa shape index (κ1) is 23.0. The smallest absolute Gasteiger partial charge is 0.160 e. The molecule has 0 saturated carbocycles. The van der Waals surface area contributed by atoms with Gasteiger partial charge in [0.25, 0.3) is 0 Å². The first-order valence-electron chi connectivity index (χ1n) is 10.5. The number of hydrogen-bond donors (Lipinski definition) is 0. The Hall–Kier alpha value is -1.24. The lowest BCUT2D eigenvalue weighted by Crippen LogP contribution is -2.52. The van der Waals surface area contributed by atoms with Crippen molar-refractivity contribution in [2.75, 3.05) is 20.3 Å². The molecule has 2 atom stereocenters. The molecule has 6 nitrogen and oxygen atoms in total. The number of carbonyl (C=O) groups excluding carboxylic acids is 1. The molecular weight excluding hydrogens is 356 g/mol. The van der Waals surface area contributed by atoms with Crippen LogP contribution in [-0.4, -0.2) is 54.0 Å². The first-order valence-corrected chi connectivity index (χ1v) is 10.5. The van der Waals surface area contributed by atoms with Gasteiger partial charge < -0.3 is 14.0 Å².